The van der Waals surface area contributed by atoms with Crippen LogP contribution in [0.1, 0.15) is 24.3 Å². The molecule has 12 heteroatoms. The number of aromatic nitrogens is 2. The molecular weight excluding hydrogens is 489 g/mol. The van der Waals surface area contributed by atoms with Gasteiger partial charge in [0.05, 0.1) is 39.5 Å². The zero-order valence-corrected chi connectivity index (χ0v) is 22.6. The van der Waals surface area contributed by atoms with Crippen molar-refractivity contribution in [3.8, 4) is 0 Å². The molecule has 1 amide bonds. The molecule has 1 aromatic carbocycles. The second kappa shape index (κ2) is 8.58. The third-order valence-electron chi connectivity index (χ3n) is 6.40. The Morgan fingerprint density at radius 3 is 2.50 bits per heavy atom. The summed E-state index contributed by atoms with van der Waals surface area (Å²) < 4.78 is 27.9. The van der Waals surface area contributed by atoms with E-state index in [0.717, 1.165) is 16.9 Å². The molecule has 9 nitrogen and oxygen atoms in total. The average molecular weight is 510 g/mol. The van der Waals surface area contributed by atoms with E-state index in [1.165, 1.54) is 34.7 Å². The van der Waals surface area contributed by atoms with Gasteiger partial charge < -0.3 is 19.9 Å². The Bertz CT molecular complexity index is 1460. The van der Waals surface area contributed by atoms with Crippen molar-refractivity contribution in [3.05, 3.63) is 52.9 Å². The molecule has 3 aromatic rings. The van der Waals surface area contributed by atoms with Crippen LogP contribution in [0.3, 0.4) is 0 Å². The summed E-state index contributed by atoms with van der Waals surface area (Å²) >= 11 is 1.09. The Kier molecular flexibility index (Phi) is 6.33. The summed E-state index contributed by atoms with van der Waals surface area (Å²) in [6.07, 6.45) is 2.07. The van der Waals surface area contributed by atoms with E-state index in [0.29, 0.717) is 15.3 Å². The number of sulfone groups is 1. The van der Waals surface area contributed by atoms with Gasteiger partial charge in [0.2, 0.25) is 15.7 Å². The van der Waals surface area contributed by atoms with Gasteiger partial charge in [0, 0.05) is 17.7 Å². The van der Waals surface area contributed by atoms with Crippen molar-refractivity contribution in [2.75, 3.05) is 0 Å². The summed E-state index contributed by atoms with van der Waals surface area (Å²) in [5.41, 5.74) is 1.09. The van der Waals surface area contributed by atoms with Crippen LogP contribution in [0.4, 0.5) is 0 Å². The quantitative estimate of drug-likeness (QED) is 0.307. The minimum absolute atomic E-state index is 0. The number of carboxylic acid groups (broad SMARTS) is 1. The number of amides is 1. The van der Waals surface area contributed by atoms with Crippen LogP contribution in [0.25, 0.3) is 10.4 Å². The maximum Gasteiger partial charge on any atom is 1.00 e. The molecule has 2 aliphatic rings. The number of thiazole rings is 1. The molecule has 0 radical (unpaired) electrons. The van der Waals surface area contributed by atoms with Gasteiger partial charge in [-0.2, -0.15) is 0 Å². The van der Waals surface area contributed by atoms with Gasteiger partial charge in [0.25, 0.3) is 0 Å². The first-order valence-electron chi connectivity index (χ1n) is 10.3. The first kappa shape index (κ1) is 25.1. The molecule has 1 N–H and O–H groups in total. The number of nitrogens with zero attached hydrogens (tertiary/aromatic N) is 3. The van der Waals surface area contributed by atoms with Crippen LogP contribution in [0.5, 0.6) is 0 Å². The van der Waals surface area contributed by atoms with E-state index in [9.17, 15) is 28.2 Å². The topological polar surface area (TPSA) is 132 Å². The number of rotatable bonds is 5. The van der Waals surface area contributed by atoms with Crippen LogP contribution in [0.2, 0.25) is 0 Å². The summed E-state index contributed by atoms with van der Waals surface area (Å²) in [7, 11) is -3.89. The van der Waals surface area contributed by atoms with Gasteiger partial charge in [0.1, 0.15) is 11.2 Å². The molecule has 0 saturated carbocycles. The molecule has 4 heterocycles. The first-order valence-corrected chi connectivity index (χ1v) is 12.6. The molecule has 2 aromatic heterocycles. The van der Waals surface area contributed by atoms with Crippen molar-refractivity contribution in [2.45, 2.75) is 42.8 Å². The maximum atomic E-state index is 13.2. The molecule has 1 fully saturated rings. The van der Waals surface area contributed by atoms with Crippen molar-refractivity contribution < 1.29 is 57.8 Å². The Morgan fingerprint density at radius 2 is 1.91 bits per heavy atom. The van der Waals surface area contributed by atoms with Crippen LogP contribution >= 0.6 is 11.3 Å². The number of β-lactam (4-membered cyclic amide) rings is 1. The summed E-state index contributed by atoms with van der Waals surface area (Å²) in [5.74, 6) is -3.02. The van der Waals surface area contributed by atoms with Crippen LogP contribution in [0.15, 0.2) is 52.4 Å². The van der Waals surface area contributed by atoms with Gasteiger partial charge in [-0.15, -0.1) is 11.3 Å². The molecule has 0 spiro atoms. The molecule has 0 bridgehead atoms. The van der Waals surface area contributed by atoms with Crippen LogP contribution in [-0.4, -0.2) is 51.8 Å². The Morgan fingerprint density at radius 1 is 1.26 bits per heavy atom. The van der Waals surface area contributed by atoms with Gasteiger partial charge in [-0.1, -0.05) is 24.6 Å². The zero-order valence-electron chi connectivity index (χ0n) is 18.9. The fraction of sp³-hybridized carbons (Fsp3) is 0.318. The molecule has 5 rings (SSSR count). The molecule has 172 valence electrons. The Hall–Kier alpha value is -2.02. The number of carboxylic acids is 1. The number of aliphatic hydroxyl groups is 1. The fourth-order valence-electron chi connectivity index (χ4n) is 4.80. The Balaban J connectivity index is 0.00000274. The average Bonchev–Trinajstić information content (AvgIpc) is 3.37. The molecule has 0 aliphatic carbocycles. The number of carbonyl (C=O) groups excluding carboxylic acids is 2. The zero-order chi connectivity index (χ0) is 23.8. The van der Waals surface area contributed by atoms with E-state index >= 15 is 0 Å². The van der Waals surface area contributed by atoms with Gasteiger partial charge in [0.15, 0.2) is 5.03 Å². The van der Waals surface area contributed by atoms with Gasteiger partial charge in [-0.25, -0.2) is 13.4 Å². The van der Waals surface area contributed by atoms with E-state index in [1.54, 1.807) is 25.3 Å². The summed E-state index contributed by atoms with van der Waals surface area (Å²) in [6.45, 7) is 5.16. The summed E-state index contributed by atoms with van der Waals surface area (Å²) in [6, 6.07) is 5.96. The predicted octanol–water partition coefficient (Wildman–Crippen LogP) is -2.14. The monoisotopic (exact) mass is 509 g/mol. The molecule has 34 heavy (non-hydrogen) atoms. The van der Waals surface area contributed by atoms with E-state index in [2.05, 4.69) is 4.98 Å². The fourth-order valence-corrected chi connectivity index (χ4v) is 7.60. The molecule has 0 unspecified atom stereocenters. The maximum absolute atomic E-state index is 13.2. The van der Waals surface area contributed by atoms with Gasteiger partial charge in [-0.3, -0.25) is 9.20 Å². The minimum atomic E-state index is -3.89. The number of aliphatic hydroxyl groups excluding tert-OH is 1. The van der Waals surface area contributed by atoms with E-state index in [1.807, 2.05) is 6.92 Å². The normalized spacial score (nSPS) is 23.0. The third-order valence-corrected chi connectivity index (χ3v) is 9.37. The van der Waals surface area contributed by atoms with E-state index in [-0.39, 0.29) is 51.1 Å². The van der Waals surface area contributed by atoms with Gasteiger partial charge in [-0.05, 0) is 26.0 Å². The van der Waals surface area contributed by atoms with Crippen molar-refractivity contribution in [3.63, 3.8) is 0 Å². The second-order valence-electron chi connectivity index (χ2n) is 8.48. The number of aliphatic carboxylic acids is 1. The first-order chi connectivity index (χ1) is 15.5. The number of hydrogen-bond donors (Lipinski definition) is 1. The summed E-state index contributed by atoms with van der Waals surface area (Å²) in [4.78, 5) is 30.8. The summed E-state index contributed by atoms with van der Waals surface area (Å²) in [5, 5.41) is 21.9. The number of carbonyl (C=O) groups is 2. The minimum Gasteiger partial charge on any atom is -0.543 e. The molecule has 4 atom stereocenters. The van der Waals surface area contributed by atoms with Crippen LogP contribution < -0.4 is 34.7 Å². The second-order valence-corrected chi connectivity index (χ2v) is 11.4. The molecular formula is C22H20N3NaO6S2. The number of benzene rings is 1. The standard InChI is InChI=1S/C22H21N3O6S2.Na/c1-10-4-6-13(7-5-10)33(30,31)19-21-24(9-23-19)8-14(32-21)15-11(2)17-16(12(3)26)20(27)25(17)18(15)22(28)29;/h4-9,11-12,16-17,26H,1-3H3,(H,28,29);/q;+1/p-1/t11-,12+,16+,17+;/m0./s1. The van der Waals surface area contributed by atoms with Crippen LogP contribution in [-0.2, 0) is 19.4 Å². The van der Waals surface area contributed by atoms with E-state index < -0.39 is 39.8 Å². The van der Waals surface area contributed by atoms with Crippen LogP contribution in [0, 0.1) is 18.8 Å². The largest absolute Gasteiger partial charge is 1.00 e. The predicted molar refractivity (Wildman–Crippen MR) is 117 cm³/mol. The SMILES string of the molecule is Cc1ccc(S(=O)(=O)c2ncn3cc(C4=C(C(=O)[O-])N5C(=O)[C@H]([C@@H](C)O)[C@H]5[C@H]4C)sc23)cc1.[Na+]. The van der Waals surface area contributed by atoms with E-state index in [4.69, 9.17) is 0 Å². The van der Waals surface area contributed by atoms with Crippen molar-refractivity contribution in [1.82, 2.24) is 14.3 Å². The Labute approximate surface area is 221 Å². The molecule has 1 saturated heterocycles. The number of aryl methyl sites for hydroxylation is 1. The van der Waals surface area contributed by atoms with Gasteiger partial charge >= 0.3 is 29.6 Å². The number of fused-ring (bicyclic) bond motifs is 2. The number of hydrogen-bond acceptors (Lipinski definition) is 8. The van der Waals surface area contributed by atoms with Crippen molar-refractivity contribution in [1.29, 1.82) is 0 Å². The smallest absolute Gasteiger partial charge is 0.543 e. The van der Waals surface area contributed by atoms with Crippen molar-refractivity contribution in [2.24, 2.45) is 11.8 Å². The van der Waals surface area contributed by atoms with Crippen molar-refractivity contribution >= 4 is 43.5 Å². The number of imidazole rings is 1. The molecule has 2 aliphatic heterocycles. The third kappa shape index (κ3) is 3.49.